The van der Waals surface area contributed by atoms with Gasteiger partial charge in [-0.25, -0.2) is 0 Å². The number of halogens is 1. The van der Waals surface area contributed by atoms with Crippen molar-refractivity contribution in [3.63, 3.8) is 0 Å². The highest BCUT2D eigenvalue weighted by Crippen LogP contribution is 2.38. The number of ether oxygens (including phenoxy) is 1. The van der Waals surface area contributed by atoms with Crippen LogP contribution in [0.1, 0.15) is 12.5 Å². The van der Waals surface area contributed by atoms with Crippen molar-refractivity contribution in [2.45, 2.75) is 13.5 Å². The Balaban J connectivity index is 1.91. The van der Waals surface area contributed by atoms with Gasteiger partial charge in [-0.1, -0.05) is 30.7 Å². The molecule has 1 N–H and O–H groups in total. The van der Waals surface area contributed by atoms with Gasteiger partial charge in [0.2, 0.25) is 5.91 Å². The predicted octanol–water partition coefficient (Wildman–Crippen LogP) is 3.63. The fourth-order valence-electron chi connectivity index (χ4n) is 3.46. The molecule has 3 rings (SSSR count). The van der Waals surface area contributed by atoms with Gasteiger partial charge in [0.1, 0.15) is 6.61 Å². The second kappa shape index (κ2) is 8.19. The summed E-state index contributed by atoms with van der Waals surface area (Å²) in [6.45, 7) is 3.90. The van der Waals surface area contributed by atoms with E-state index in [4.69, 9.17) is 16.3 Å². The van der Waals surface area contributed by atoms with Crippen molar-refractivity contribution < 1.29 is 14.6 Å². The molecule has 0 saturated heterocycles. The Morgan fingerprint density at radius 1 is 1.30 bits per heavy atom. The number of rotatable bonds is 4. The summed E-state index contributed by atoms with van der Waals surface area (Å²) in [7, 11) is 3.92. The van der Waals surface area contributed by atoms with E-state index in [2.05, 4.69) is 0 Å². The number of carbonyl (C=O) groups excluding carboxylic acids is 1. The van der Waals surface area contributed by atoms with Crippen molar-refractivity contribution in [3.05, 3.63) is 47.0 Å². The number of benzene rings is 2. The second-order valence-corrected chi connectivity index (χ2v) is 7.70. The maximum absolute atomic E-state index is 12.8. The molecule has 1 aliphatic heterocycles. The first-order valence-corrected chi connectivity index (χ1v) is 9.41. The molecule has 0 saturated carbocycles. The second-order valence-electron chi connectivity index (χ2n) is 7.27. The number of aromatic hydroxyl groups is 1. The number of carbonyl (C=O) groups is 1. The number of amides is 1. The molecule has 0 aliphatic carbocycles. The van der Waals surface area contributed by atoms with Crippen LogP contribution in [0, 0.1) is 5.92 Å². The molecule has 0 radical (unpaired) electrons. The Kier molecular flexibility index (Phi) is 5.92. The zero-order valence-electron chi connectivity index (χ0n) is 15.9. The number of phenolic OH excluding ortho intramolecular Hbond substituents is 1. The molecule has 1 aliphatic rings. The van der Waals surface area contributed by atoms with E-state index in [1.165, 1.54) is 0 Å². The molecule has 6 heteroatoms. The molecule has 2 aromatic rings. The van der Waals surface area contributed by atoms with Crippen LogP contribution in [0.4, 0.5) is 0 Å². The van der Waals surface area contributed by atoms with Crippen LogP contribution in [0.25, 0.3) is 11.1 Å². The number of fused-ring (bicyclic) bond motifs is 1. The van der Waals surface area contributed by atoms with Crippen LogP contribution in [0.5, 0.6) is 11.5 Å². The number of hydrogen-bond acceptors (Lipinski definition) is 4. The summed E-state index contributed by atoms with van der Waals surface area (Å²) in [6, 6.07) is 11.1. The summed E-state index contributed by atoms with van der Waals surface area (Å²) in [5.74, 6) is 0.522. The monoisotopic (exact) mass is 388 g/mol. The van der Waals surface area contributed by atoms with Crippen LogP contribution < -0.4 is 4.74 Å². The van der Waals surface area contributed by atoms with Crippen LogP contribution in [0.15, 0.2) is 36.4 Å². The highest BCUT2D eigenvalue weighted by atomic mass is 35.5. The third-order valence-electron chi connectivity index (χ3n) is 4.65. The molecule has 0 bridgehead atoms. The van der Waals surface area contributed by atoms with E-state index < -0.39 is 0 Å². The molecule has 1 unspecified atom stereocenters. The molecule has 27 heavy (non-hydrogen) atoms. The van der Waals surface area contributed by atoms with Crippen molar-refractivity contribution in [3.8, 4) is 22.6 Å². The van der Waals surface area contributed by atoms with Gasteiger partial charge < -0.3 is 19.6 Å². The van der Waals surface area contributed by atoms with Crippen molar-refractivity contribution >= 4 is 17.5 Å². The molecular weight excluding hydrogens is 364 g/mol. The van der Waals surface area contributed by atoms with Crippen molar-refractivity contribution in [1.82, 2.24) is 9.80 Å². The maximum Gasteiger partial charge on any atom is 0.227 e. The van der Waals surface area contributed by atoms with Gasteiger partial charge >= 0.3 is 0 Å². The lowest BCUT2D eigenvalue weighted by Crippen LogP contribution is -2.39. The van der Waals surface area contributed by atoms with E-state index in [-0.39, 0.29) is 17.6 Å². The topological polar surface area (TPSA) is 53.0 Å². The molecule has 2 aromatic carbocycles. The average molecular weight is 389 g/mol. The van der Waals surface area contributed by atoms with E-state index in [0.29, 0.717) is 37.0 Å². The van der Waals surface area contributed by atoms with Gasteiger partial charge in [0.05, 0.1) is 6.54 Å². The quantitative estimate of drug-likeness (QED) is 0.868. The highest BCUT2D eigenvalue weighted by molar-refractivity contribution is 6.30. The van der Waals surface area contributed by atoms with E-state index in [1.807, 2.05) is 56.3 Å². The first-order chi connectivity index (χ1) is 12.8. The van der Waals surface area contributed by atoms with Gasteiger partial charge in [0.25, 0.3) is 0 Å². The SMILES string of the molecule is CC(CN(C)C)C(=O)N1CCOc2c(O)cc(-c3cccc(Cl)c3)cc2C1. The molecule has 1 atom stereocenters. The summed E-state index contributed by atoms with van der Waals surface area (Å²) in [5.41, 5.74) is 2.55. The zero-order chi connectivity index (χ0) is 19.6. The molecule has 0 aromatic heterocycles. The van der Waals surface area contributed by atoms with Gasteiger partial charge in [-0.3, -0.25) is 4.79 Å². The van der Waals surface area contributed by atoms with Crippen LogP contribution in [-0.4, -0.2) is 54.6 Å². The van der Waals surface area contributed by atoms with Crippen LogP contribution in [0.3, 0.4) is 0 Å². The number of nitrogens with zero attached hydrogens (tertiary/aromatic N) is 2. The summed E-state index contributed by atoms with van der Waals surface area (Å²) >= 11 is 6.10. The molecular formula is C21H25ClN2O3. The minimum atomic E-state index is -0.105. The van der Waals surface area contributed by atoms with Gasteiger partial charge in [0, 0.05) is 29.6 Å². The van der Waals surface area contributed by atoms with Gasteiger partial charge in [0.15, 0.2) is 11.5 Å². The number of phenols is 1. The largest absolute Gasteiger partial charge is 0.504 e. The Morgan fingerprint density at radius 3 is 2.78 bits per heavy atom. The van der Waals surface area contributed by atoms with Gasteiger partial charge in [-0.15, -0.1) is 0 Å². The lowest BCUT2D eigenvalue weighted by molar-refractivity contribution is -0.136. The van der Waals surface area contributed by atoms with Crippen molar-refractivity contribution in [2.24, 2.45) is 5.92 Å². The summed E-state index contributed by atoms with van der Waals surface area (Å²) in [5, 5.41) is 11.1. The molecule has 0 spiro atoms. The number of hydrogen-bond donors (Lipinski definition) is 1. The Bertz CT molecular complexity index is 838. The van der Waals surface area contributed by atoms with Crippen molar-refractivity contribution in [1.29, 1.82) is 0 Å². The van der Waals surface area contributed by atoms with Crippen LogP contribution in [-0.2, 0) is 11.3 Å². The summed E-state index contributed by atoms with van der Waals surface area (Å²) < 4.78 is 5.75. The van der Waals surface area contributed by atoms with E-state index in [0.717, 1.165) is 16.7 Å². The minimum Gasteiger partial charge on any atom is -0.504 e. The molecule has 144 valence electrons. The van der Waals surface area contributed by atoms with Crippen LogP contribution >= 0.6 is 11.6 Å². The van der Waals surface area contributed by atoms with Crippen LogP contribution in [0.2, 0.25) is 5.02 Å². The normalized spacial score (nSPS) is 15.1. The van der Waals surface area contributed by atoms with Crippen molar-refractivity contribution in [2.75, 3.05) is 33.8 Å². The molecule has 5 nitrogen and oxygen atoms in total. The average Bonchev–Trinajstić information content (AvgIpc) is 2.83. The summed E-state index contributed by atoms with van der Waals surface area (Å²) in [4.78, 5) is 16.7. The smallest absolute Gasteiger partial charge is 0.227 e. The standard InChI is InChI=1S/C21H25ClN2O3/c1-14(12-23(2)3)21(26)24-7-8-27-20-17(13-24)9-16(11-19(20)25)15-5-4-6-18(22)10-15/h4-6,9-11,14,25H,7-8,12-13H2,1-3H3. The maximum atomic E-state index is 12.8. The third-order valence-corrected chi connectivity index (χ3v) is 4.88. The lowest BCUT2D eigenvalue weighted by Gasteiger charge is -2.25. The Morgan fingerprint density at radius 2 is 2.07 bits per heavy atom. The highest BCUT2D eigenvalue weighted by Gasteiger charge is 2.26. The molecule has 0 fully saturated rings. The lowest BCUT2D eigenvalue weighted by atomic mass is 10.0. The minimum absolute atomic E-state index is 0.0816. The first-order valence-electron chi connectivity index (χ1n) is 9.03. The fourth-order valence-corrected chi connectivity index (χ4v) is 3.65. The van der Waals surface area contributed by atoms with Gasteiger partial charge in [-0.2, -0.15) is 0 Å². The Hall–Kier alpha value is -2.24. The van der Waals surface area contributed by atoms with E-state index >= 15 is 0 Å². The summed E-state index contributed by atoms with van der Waals surface area (Å²) in [6.07, 6.45) is 0. The predicted molar refractivity (Wildman–Crippen MR) is 107 cm³/mol. The van der Waals surface area contributed by atoms with E-state index in [9.17, 15) is 9.90 Å². The Labute approximate surface area is 165 Å². The zero-order valence-corrected chi connectivity index (χ0v) is 16.7. The first kappa shape index (κ1) is 19.5. The fraction of sp³-hybridized carbons (Fsp3) is 0.381. The van der Waals surface area contributed by atoms with Gasteiger partial charge in [-0.05, 0) is 49.5 Å². The van der Waals surface area contributed by atoms with E-state index in [1.54, 1.807) is 11.0 Å². The molecule has 1 heterocycles. The third kappa shape index (κ3) is 4.54. The molecule has 1 amide bonds.